The maximum absolute atomic E-state index is 12.5. The first-order valence-electron chi connectivity index (χ1n) is 6.94. The minimum atomic E-state index is -4.23. The maximum Gasteiger partial charge on any atom is 0.416 e. The molecule has 1 nitrogen and oxygen atoms in total. The summed E-state index contributed by atoms with van der Waals surface area (Å²) in [6, 6.07) is 6.42. The van der Waals surface area contributed by atoms with Crippen LogP contribution in [0.3, 0.4) is 0 Å². The molecule has 0 aliphatic heterocycles. The third kappa shape index (κ3) is 2.94. The van der Waals surface area contributed by atoms with E-state index in [1.54, 1.807) is 12.1 Å². The van der Waals surface area contributed by atoms with E-state index in [9.17, 15) is 13.2 Å². The molecular formula is C15H18F3N. The molecule has 1 aromatic rings. The predicted octanol–water partition coefficient (Wildman–Crippen LogP) is 3.95. The van der Waals surface area contributed by atoms with Gasteiger partial charge in [-0.3, -0.25) is 0 Å². The Hall–Kier alpha value is -1.03. The van der Waals surface area contributed by atoms with Crippen molar-refractivity contribution in [3.8, 4) is 0 Å². The van der Waals surface area contributed by atoms with Gasteiger partial charge in [-0.2, -0.15) is 13.2 Å². The van der Waals surface area contributed by atoms with Gasteiger partial charge in [0.1, 0.15) is 0 Å². The highest BCUT2D eigenvalue weighted by atomic mass is 19.4. The molecule has 4 heteroatoms. The van der Waals surface area contributed by atoms with Gasteiger partial charge in [0.15, 0.2) is 0 Å². The second-order valence-corrected chi connectivity index (χ2v) is 5.75. The van der Waals surface area contributed by atoms with Gasteiger partial charge in [-0.05, 0) is 61.8 Å². The average molecular weight is 269 g/mol. The van der Waals surface area contributed by atoms with Crippen molar-refractivity contribution >= 4 is 0 Å². The molecule has 2 unspecified atom stereocenters. The van der Waals surface area contributed by atoms with Gasteiger partial charge >= 0.3 is 6.18 Å². The summed E-state index contributed by atoms with van der Waals surface area (Å²) in [5.41, 5.74) is 0.505. The van der Waals surface area contributed by atoms with Crippen molar-refractivity contribution in [1.29, 1.82) is 0 Å². The molecule has 2 aliphatic carbocycles. The van der Waals surface area contributed by atoms with Crippen LogP contribution in [0.1, 0.15) is 42.7 Å². The Kier molecular flexibility index (Phi) is 3.29. The molecule has 0 amide bonds. The molecule has 2 aliphatic rings. The third-order valence-corrected chi connectivity index (χ3v) is 4.33. The van der Waals surface area contributed by atoms with Crippen molar-refractivity contribution in [3.63, 3.8) is 0 Å². The summed E-state index contributed by atoms with van der Waals surface area (Å²) in [6.07, 6.45) is 0.605. The summed E-state index contributed by atoms with van der Waals surface area (Å²) < 4.78 is 37.5. The van der Waals surface area contributed by atoms with E-state index in [1.165, 1.54) is 31.4 Å². The zero-order chi connectivity index (χ0) is 13.5. The lowest BCUT2D eigenvalue weighted by molar-refractivity contribution is -0.137. The van der Waals surface area contributed by atoms with Gasteiger partial charge in [0.25, 0.3) is 0 Å². The monoisotopic (exact) mass is 269 g/mol. The van der Waals surface area contributed by atoms with Crippen molar-refractivity contribution in [3.05, 3.63) is 35.4 Å². The number of halogens is 3. The smallest absolute Gasteiger partial charge is 0.314 e. The van der Waals surface area contributed by atoms with E-state index in [4.69, 9.17) is 0 Å². The molecule has 0 aromatic heterocycles. The van der Waals surface area contributed by atoms with Gasteiger partial charge in [0.2, 0.25) is 0 Å². The maximum atomic E-state index is 12.5. The number of rotatable bonds is 4. The Morgan fingerprint density at radius 1 is 1.00 bits per heavy atom. The van der Waals surface area contributed by atoms with Crippen LogP contribution in [0.15, 0.2) is 24.3 Å². The number of benzene rings is 1. The summed E-state index contributed by atoms with van der Waals surface area (Å²) in [5.74, 6) is 1.03. The van der Waals surface area contributed by atoms with Crippen molar-refractivity contribution in [1.82, 2.24) is 5.32 Å². The van der Waals surface area contributed by atoms with Crippen molar-refractivity contribution in [2.45, 2.75) is 43.8 Å². The Morgan fingerprint density at radius 3 is 2.16 bits per heavy atom. The summed E-state index contributed by atoms with van der Waals surface area (Å²) in [7, 11) is 0. The summed E-state index contributed by atoms with van der Waals surface area (Å²) in [6.45, 7) is 1.01. The molecule has 1 N–H and O–H groups in total. The van der Waals surface area contributed by atoms with Crippen molar-refractivity contribution in [2.75, 3.05) is 6.54 Å². The van der Waals surface area contributed by atoms with Crippen LogP contribution in [-0.2, 0) is 6.18 Å². The Balaban J connectivity index is 1.61. The molecule has 0 saturated heterocycles. The largest absolute Gasteiger partial charge is 0.416 e. The molecule has 2 saturated carbocycles. The minimum Gasteiger partial charge on any atom is -0.314 e. The molecule has 2 atom stereocenters. The predicted molar refractivity (Wildman–Crippen MR) is 67.9 cm³/mol. The Bertz CT molecular complexity index is 434. The molecule has 0 radical (unpaired) electrons. The zero-order valence-electron chi connectivity index (χ0n) is 10.7. The van der Waals surface area contributed by atoms with Crippen LogP contribution < -0.4 is 5.32 Å². The summed E-state index contributed by atoms with van der Waals surface area (Å²) in [4.78, 5) is 0. The van der Waals surface area contributed by atoms with Gasteiger partial charge < -0.3 is 5.32 Å². The van der Waals surface area contributed by atoms with Gasteiger partial charge in [-0.15, -0.1) is 0 Å². The first-order valence-corrected chi connectivity index (χ1v) is 6.94. The third-order valence-electron chi connectivity index (χ3n) is 4.33. The van der Waals surface area contributed by atoms with E-state index in [1.807, 2.05) is 0 Å². The van der Waals surface area contributed by atoms with Gasteiger partial charge in [0.05, 0.1) is 5.56 Å². The Morgan fingerprint density at radius 2 is 1.68 bits per heavy atom. The SMILES string of the molecule is FC(F)(F)c1ccc(C2CCC2CNC2CC2)cc1. The fraction of sp³-hybridized carbons (Fsp3) is 0.600. The quantitative estimate of drug-likeness (QED) is 0.872. The standard InChI is InChI=1S/C15H18F3N/c16-15(17,18)12-4-1-10(2-5-12)14-8-3-11(14)9-19-13-6-7-13/h1-2,4-5,11,13-14,19H,3,6-9H2. The Labute approximate surface area is 111 Å². The van der Waals surface area contributed by atoms with Crippen molar-refractivity contribution < 1.29 is 13.2 Å². The van der Waals surface area contributed by atoms with Gasteiger partial charge in [0, 0.05) is 6.04 Å². The lowest BCUT2D eigenvalue weighted by Gasteiger charge is -2.37. The van der Waals surface area contributed by atoms with E-state index in [2.05, 4.69) is 5.32 Å². The molecular weight excluding hydrogens is 251 g/mol. The van der Waals surface area contributed by atoms with Crippen LogP contribution in [0.2, 0.25) is 0 Å². The number of hydrogen-bond donors (Lipinski definition) is 1. The topological polar surface area (TPSA) is 12.0 Å². The van der Waals surface area contributed by atoms with E-state index in [-0.39, 0.29) is 0 Å². The lowest BCUT2D eigenvalue weighted by Crippen LogP contribution is -2.34. The molecule has 104 valence electrons. The molecule has 2 fully saturated rings. The highest BCUT2D eigenvalue weighted by Gasteiger charge is 2.34. The van der Waals surface area contributed by atoms with Gasteiger partial charge in [-0.1, -0.05) is 12.1 Å². The average Bonchev–Trinajstić information content (AvgIpc) is 3.11. The summed E-state index contributed by atoms with van der Waals surface area (Å²) in [5, 5.41) is 3.51. The highest BCUT2D eigenvalue weighted by molar-refractivity contribution is 5.29. The normalized spacial score (nSPS) is 27.1. The zero-order valence-corrected chi connectivity index (χ0v) is 10.7. The van der Waals surface area contributed by atoms with E-state index >= 15 is 0 Å². The molecule has 3 rings (SSSR count). The van der Waals surface area contributed by atoms with Crippen LogP contribution in [-0.4, -0.2) is 12.6 Å². The second-order valence-electron chi connectivity index (χ2n) is 5.75. The molecule has 19 heavy (non-hydrogen) atoms. The van der Waals surface area contributed by atoms with Crippen LogP contribution >= 0.6 is 0 Å². The van der Waals surface area contributed by atoms with Crippen LogP contribution in [0, 0.1) is 5.92 Å². The van der Waals surface area contributed by atoms with Crippen LogP contribution in [0.25, 0.3) is 0 Å². The number of nitrogens with one attached hydrogen (secondary N) is 1. The highest BCUT2D eigenvalue weighted by Crippen LogP contribution is 2.43. The van der Waals surface area contributed by atoms with E-state index in [0.717, 1.165) is 18.5 Å². The fourth-order valence-corrected chi connectivity index (χ4v) is 2.78. The summed E-state index contributed by atoms with van der Waals surface area (Å²) >= 11 is 0. The molecule has 0 heterocycles. The van der Waals surface area contributed by atoms with Crippen molar-refractivity contribution in [2.24, 2.45) is 5.92 Å². The first kappa shape index (κ1) is 13.0. The minimum absolute atomic E-state index is 0.438. The van der Waals surface area contributed by atoms with Gasteiger partial charge in [-0.25, -0.2) is 0 Å². The van der Waals surface area contributed by atoms with Crippen LogP contribution in [0.4, 0.5) is 13.2 Å². The van der Waals surface area contributed by atoms with E-state index in [0.29, 0.717) is 17.9 Å². The molecule has 0 bridgehead atoms. The fourth-order valence-electron chi connectivity index (χ4n) is 2.78. The second kappa shape index (κ2) is 4.82. The first-order chi connectivity index (χ1) is 9.04. The van der Waals surface area contributed by atoms with Crippen LogP contribution in [0.5, 0.6) is 0 Å². The molecule has 0 spiro atoms. The van der Waals surface area contributed by atoms with E-state index < -0.39 is 11.7 Å². The molecule has 1 aromatic carbocycles. The number of alkyl halides is 3. The lowest BCUT2D eigenvalue weighted by atomic mass is 9.70. The number of hydrogen-bond acceptors (Lipinski definition) is 1.